The lowest BCUT2D eigenvalue weighted by molar-refractivity contribution is -0.143. The highest BCUT2D eigenvalue weighted by Gasteiger charge is 2.32. The molecule has 4 nitrogen and oxygen atoms in total. The van der Waals surface area contributed by atoms with Crippen LogP contribution in [0.2, 0.25) is 0 Å². The van der Waals surface area contributed by atoms with Gasteiger partial charge in [0, 0.05) is 6.42 Å². The lowest BCUT2D eigenvalue weighted by atomic mass is 10.1. The number of hydrogen-bond acceptors (Lipinski definition) is 3. The van der Waals surface area contributed by atoms with Crippen LogP contribution in [-0.4, -0.2) is 27.7 Å². The molecule has 0 bridgehead atoms. The van der Waals surface area contributed by atoms with Crippen LogP contribution < -0.4 is 5.73 Å². The summed E-state index contributed by atoms with van der Waals surface area (Å²) in [7, 11) is 0. The van der Waals surface area contributed by atoms with Crippen molar-refractivity contribution in [3.05, 3.63) is 11.4 Å². The Hall–Kier alpha value is -1.11. The largest absolute Gasteiger partial charge is 0.408 e. The molecule has 0 spiro atoms. The molecule has 1 aromatic heterocycles. The highest BCUT2D eigenvalue weighted by molar-refractivity contribution is 5.13. The van der Waals surface area contributed by atoms with Gasteiger partial charge in [-0.05, 0) is 31.7 Å². The van der Waals surface area contributed by atoms with Crippen LogP contribution in [0.15, 0.2) is 0 Å². The number of halogens is 3. The van der Waals surface area contributed by atoms with Crippen molar-refractivity contribution in [2.75, 3.05) is 6.54 Å². The Morgan fingerprint density at radius 3 is 2.59 bits per heavy atom. The average Bonchev–Trinajstić information content (AvgIpc) is 2.95. The molecule has 17 heavy (non-hydrogen) atoms. The number of nitrogens with zero attached hydrogens (tertiary/aromatic N) is 3. The quantitative estimate of drug-likeness (QED) is 0.854. The normalized spacial score (nSPS) is 16.5. The molecule has 0 unspecified atom stereocenters. The van der Waals surface area contributed by atoms with Crippen LogP contribution in [0.4, 0.5) is 13.2 Å². The molecule has 2 N–H and O–H groups in total. The van der Waals surface area contributed by atoms with Crippen molar-refractivity contribution in [1.29, 1.82) is 0 Å². The van der Waals surface area contributed by atoms with Crippen molar-refractivity contribution in [3.63, 3.8) is 0 Å². The van der Waals surface area contributed by atoms with Crippen molar-refractivity contribution in [2.45, 2.75) is 38.4 Å². The summed E-state index contributed by atoms with van der Waals surface area (Å²) in [6.45, 7) is -0.686. The van der Waals surface area contributed by atoms with Gasteiger partial charge in [-0.3, -0.25) is 0 Å². The van der Waals surface area contributed by atoms with E-state index in [0.717, 1.165) is 17.5 Å². The molecule has 1 heterocycles. The molecule has 0 aromatic carbocycles. The molecule has 0 amide bonds. The zero-order valence-electron chi connectivity index (χ0n) is 9.37. The van der Waals surface area contributed by atoms with Gasteiger partial charge < -0.3 is 5.73 Å². The van der Waals surface area contributed by atoms with E-state index in [1.54, 1.807) is 0 Å². The van der Waals surface area contributed by atoms with Crippen LogP contribution in [-0.2, 0) is 19.4 Å². The zero-order valence-corrected chi connectivity index (χ0v) is 9.37. The molecule has 96 valence electrons. The highest BCUT2D eigenvalue weighted by atomic mass is 19.4. The van der Waals surface area contributed by atoms with Crippen molar-refractivity contribution in [2.24, 2.45) is 11.7 Å². The summed E-state index contributed by atoms with van der Waals surface area (Å²) in [4.78, 5) is 0. The SMILES string of the molecule is NCCc1nnn(CC(F)(F)F)c1CC1CC1. The van der Waals surface area contributed by atoms with Crippen molar-refractivity contribution >= 4 is 0 Å². The first-order valence-electron chi connectivity index (χ1n) is 5.67. The predicted molar refractivity (Wildman–Crippen MR) is 55.3 cm³/mol. The topological polar surface area (TPSA) is 56.7 Å². The minimum Gasteiger partial charge on any atom is -0.330 e. The smallest absolute Gasteiger partial charge is 0.330 e. The molecule has 1 aliphatic rings. The molecule has 1 saturated carbocycles. The van der Waals surface area contributed by atoms with Gasteiger partial charge in [0.1, 0.15) is 6.54 Å². The summed E-state index contributed by atoms with van der Waals surface area (Å²) in [5.74, 6) is 0.497. The minimum absolute atomic E-state index is 0.377. The molecule has 0 aliphatic heterocycles. The summed E-state index contributed by atoms with van der Waals surface area (Å²) < 4.78 is 38.0. The zero-order chi connectivity index (χ0) is 12.5. The van der Waals surface area contributed by atoms with Gasteiger partial charge in [-0.2, -0.15) is 13.2 Å². The van der Waals surface area contributed by atoms with E-state index < -0.39 is 12.7 Å². The Kier molecular flexibility index (Phi) is 3.37. The molecule has 1 aliphatic carbocycles. The van der Waals surface area contributed by atoms with Crippen molar-refractivity contribution in [1.82, 2.24) is 15.0 Å². The lowest BCUT2D eigenvalue weighted by Gasteiger charge is -2.09. The van der Waals surface area contributed by atoms with Crippen LogP contribution in [0.5, 0.6) is 0 Å². The molecule has 0 atom stereocenters. The Bertz CT molecular complexity index is 381. The van der Waals surface area contributed by atoms with Gasteiger partial charge in [0.15, 0.2) is 0 Å². The molecule has 2 rings (SSSR count). The summed E-state index contributed by atoms with van der Waals surface area (Å²) in [5.41, 5.74) is 6.63. The van der Waals surface area contributed by atoms with E-state index in [2.05, 4.69) is 10.3 Å². The van der Waals surface area contributed by atoms with Gasteiger partial charge in [-0.1, -0.05) is 5.21 Å². The number of rotatable bonds is 5. The highest BCUT2D eigenvalue weighted by Crippen LogP contribution is 2.33. The first-order valence-corrected chi connectivity index (χ1v) is 5.67. The van der Waals surface area contributed by atoms with Crippen LogP contribution >= 0.6 is 0 Å². The molecule has 0 saturated heterocycles. The second kappa shape index (κ2) is 4.64. The minimum atomic E-state index is -4.26. The standard InChI is InChI=1S/C10H15F3N4/c11-10(12,13)6-17-9(5-7-1-2-7)8(3-4-14)15-16-17/h7H,1-6,14H2. The maximum atomic E-state index is 12.4. The number of nitrogens with two attached hydrogens (primary N) is 1. The van der Waals surface area contributed by atoms with Gasteiger partial charge in [0.25, 0.3) is 0 Å². The summed E-state index contributed by atoms with van der Waals surface area (Å²) in [6.07, 6.45) is -0.969. The Morgan fingerprint density at radius 1 is 1.35 bits per heavy atom. The monoisotopic (exact) mass is 248 g/mol. The van der Waals surface area contributed by atoms with E-state index in [1.165, 1.54) is 0 Å². The second-order valence-electron chi connectivity index (χ2n) is 4.44. The van der Waals surface area contributed by atoms with Gasteiger partial charge in [-0.25, -0.2) is 4.68 Å². The number of aromatic nitrogens is 3. The van der Waals surface area contributed by atoms with Crippen molar-refractivity contribution in [3.8, 4) is 0 Å². The third-order valence-electron chi connectivity index (χ3n) is 2.81. The van der Waals surface area contributed by atoms with Crippen LogP contribution in [0.1, 0.15) is 24.2 Å². The van der Waals surface area contributed by atoms with E-state index in [0.29, 0.717) is 36.7 Å². The molecule has 1 fully saturated rings. The maximum Gasteiger partial charge on any atom is 0.408 e. The van der Waals surface area contributed by atoms with E-state index in [9.17, 15) is 13.2 Å². The number of hydrogen-bond donors (Lipinski definition) is 1. The predicted octanol–water partition coefficient (Wildman–Crippen LogP) is 1.29. The lowest BCUT2D eigenvalue weighted by Crippen LogP contribution is -2.21. The fraction of sp³-hybridized carbons (Fsp3) is 0.800. The van der Waals surface area contributed by atoms with Gasteiger partial charge >= 0.3 is 6.18 Å². The van der Waals surface area contributed by atoms with Crippen LogP contribution in [0.25, 0.3) is 0 Å². The van der Waals surface area contributed by atoms with Crippen LogP contribution in [0, 0.1) is 5.92 Å². The Morgan fingerprint density at radius 2 is 2.06 bits per heavy atom. The maximum absolute atomic E-state index is 12.4. The average molecular weight is 248 g/mol. The first kappa shape index (κ1) is 12.3. The number of alkyl halides is 3. The van der Waals surface area contributed by atoms with Gasteiger partial charge in [0.2, 0.25) is 0 Å². The van der Waals surface area contributed by atoms with Crippen molar-refractivity contribution < 1.29 is 13.2 Å². The molecule has 7 heteroatoms. The van der Waals surface area contributed by atoms with Gasteiger partial charge in [-0.15, -0.1) is 5.10 Å². The molecule has 1 aromatic rings. The van der Waals surface area contributed by atoms with E-state index in [4.69, 9.17) is 5.73 Å². The van der Waals surface area contributed by atoms with Gasteiger partial charge in [0.05, 0.1) is 11.4 Å². The van der Waals surface area contributed by atoms with E-state index >= 15 is 0 Å². The summed E-state index contributed by atoms with van der Waals surface area (Å²) >= 11 is 0. The van der Waals surface area contributed by atoms with Crippen LogP contribution in [0.3, 0.4) is 0 Å². The second-order valence-corrected chi connectivity index (χ2v) is 4.44. The molecular formula is C10H15F3N4. The molecular weight excluding hydrogens is 233 g/mol. The third-order valence-corrected chi connectivity index (χ3v) is 2.81. The Labute approximate surface area is 97.0 Å². The Balaban J connectivity index is 2.17. The fourth-order valence-electron chi connectivity index (χ4n) is 1.82. The first-order chi connectivity index (χ1) is 7.99. The molecule has 0 radical (unpaired) electrons. The fourth-order valence-corrected chi connectivity index (χ4v) is 1.82. The van der Waals surface area contributed by atoms with E-state index in [-0.39, 0.29) is 0 Å². The summed E-state index contributed by atoms with van der Waals surface area (Å²) in [6, 6.07) is 0. The third kappa shape index (κ3) is 3.42. The van der Waals surface area contributed by atoms with E-state index in [1.807, 2.05) is 0 Å². The summed E-state index contributed by atoms with van der Waals surface area (Å²) in [5, 5.41) is 7.40.